The quantitative estimate of drug-likeness (QED) is 0.679. The molecule has 2 aromatic rings. The average Bonchev–Trinajstić information content (AvgIpc) is 2.52. The third kappa shape index (κ3) is 5.01. The number of hydrogen-bond acceptors (Lipinski definition) is 3. The number of methoxy groups -OCH3 is 2. The third-order valence-electron chi connectivity index (χ3n) is 3.48. The van der Waals surface area contributed by atoms with E-state index in [0.29, 0.717) is 23.1 Å². The molecule has 1 atom stereocenters. The molecule has 1 N–H and O–H groups in total. The van der Waals surface area contributed by atoms with Gasteiger partial charge >= 0.3 is 0 Å². The van der Waals surface area contributed by atoms with Crippen LogP contribution in [0.15, 0.2) is 40.9 Å². The fraction of sp³-hybridized carbons (Fsp3) is 0.294. The van der Waals surface area contributed by atoms with Gasteiger partial charge in [0.15, 0.2) is 11.5 Å². The lowest BCUT2D eigenvalue weighted by molar-refractivity contribution is 0.354. The minimum atomic E-state index is 0. The summed E-state index contributed by atoms with van der Waals surface area (Å²) in [7, 11) is 3.19. The summed E-state index contributed by atoms with van der Waals surface area (Å²) in [4.78, 5) is 0. The molecule has 0 aliphatic rings. The molecule has 0 heterocycles. The summed E-state index contributed by atoms with van der Waals surface area (Å²) >= 11 is 9.81. The van der Waals surface area contributed by atoms with Crippen LogP contribution < -0.4 is 14.8 Å². The van der Waals surface area contributed by atoms with Crippen LogP contribution in [-0.4, -0.2) is 14.2 Å². The number of halogens is 3. The van der Waals surface area contributed by atoms with E-state index in [9.17, 15) is 0 Å². The molecule has 23 heavy (non-hydrogen) atoms. The number of benzene rings is 2. The number of rotatable bonds is 6. The van der Waals surface area contributed by atoms with E-state index in [0.717, 1.165) is 10.0 Å². The first-order chi connectivity index (χ1) is 10.6. The molecule has 0 radical (unpaired) electrons. The molecule has 0 aromatic heterocycles. The molecule has 1 unspecified atom stereocenters. The van der Waals surface area contributed by atoms with E-state index < -0.39 is 0 Å². The van der Waals surface area contributed by atoms with E-state index in [1.807, 2.05) is 30.3 Å². The first-order valence-electron chi connectivity index (χ1n) is 6.95. The van der Waals surface area contributed by atoms with Crippen LogP contribution in [0.2, 0.25) is 5.02 Å². The smallest absolute Gasteiger partial charge is 0.179 e. The Bertz CT molecular complexity index is 652. The molecule has 0 aliphatic heterocycles. The molecule has 3 nitrogen and oxygen atoms in total. The lowest BCUT2D eigenvalue weighted by Crippen LogP contribution is -2.18. The number of hydrogen-bond donors (Lipinski definition) is 1. The van der Waals surface area contributed by atoms with Crippen molar-refractivity contribution in [2.75, 3.05) is 14.2 Å². The predicted octanol–water partition coefficient (Wildman–Crippen LogP) is 5.39. The van der Waals surface area contributed by atoms with Gasteiger partial charge in [-0.15, -0.1) is 12.4 Å². The fourth-order valence-electron chi connectivity index (χ4n) is 2.28. The van der Waals surface area contributed by atoms with E-state index in [1.54, 1.807) is 14.2 Å². The molecule has 126 valence electrons. The maximum absolute atomic E-state index is 6.23. The Hall–Kier alpha value is -0.940. The summed E-state index contributed by atoms with van der Waals surface area (Å²) in [5.41, 5.74) is 2.26. The van der Waals surface area contributed by atoms with Crippen molar-refractivity contribution in [3.8, 4) is 11.5 Å². The van der Waals surface area contributed by atoms with Crippen molar-refractivity contribution in [2.45, 2.75) is 19.5 Å². The van der Waals surface area contributed by atoms with Crippen molar-refractivity contribution < 1.29 is 9.47 Å². The molecule has 6 heteroatoms. The average molecular weight is 421 g/mol. The molecule has 0 saturated carbocycles. The van der Waals surface area contributed by atoms with Crippen LogP contribution in [0, 0.1) is 0 Å². The third-order valence-corrected chi connectivity index (χ3v) is 4.48. The molecule has 0 saturated heterocycles. The van der Waals surface area contributed by atoms with Crippen molar-refractivity contribution in [1.82, 2.24) is 5.32 Å². The molecule has 0 spiro atoms. The monoisotopic (exact) mass is 419 g/mol. The summed E-state index contributed by atoms with van der Waals surface area (Å²) < 4.78 is 11.7. The van der Waals surface area contributed by atoms with Gasteiger partial charge in [-0.05, 0) is 36.2 Å². The van der Waals surface area contributed by atoms with Gasteiger partial charge in [0.1, 0.15) is 0 Å². The summed E-state index contributed by atoms with van der Waals surface area (Å²) in [6.45, 7) is 2.81. The summed E-state index contributed by atoms with van der Waals surface area (Å²) in [5.74, 6) is 1.20. The highest BCUT2D eigenvalue weighted by Crippen LogP contribution is 2.36. The Balaban J connectivity index is 0.00000264. The van der Waals surface area contributed by atoms with Gasteiger partial charge in [0.05, 0.1) is 19.2 Å². The Morgan fingerprint density at radius 3 is 2.48 bits per heavy atom. The molecular formula is C17H20BrCl2NO2. The van der Waals surface area contributed by atoms with Gasteiger partial charge in [-0.3, -0.25) is 0 Å². The zero-order chi connectivity index (χ0) is 16.1. The second kappa shape index (κ2) is 9.38. The van der Waals surface area contributed by atoms with Crippen molar-refractivity contribution in [3.63, 3.8) is 0 Å². The topological polar surface area (TPSA) is 30.5 Å². The molecule has 0 amide bonds. The van der Waals surface area contributed by atoms with Crippen LogP contribution in [0.25, 0.3) is 0 Å². The second-order valence-electron chi connectivity index (χ2n) is 4.94. The maximum atomic E-state index is 6.23. The molecule has 0 bridgehead atoms. The highest BCUT2D eigenvalue weighted by molar-refractivity contribution is 9.10. The van der Waals surface area contributed by atoms with Crippen molar-refractivity contribution >= 4 is 39.9 Å². The summed E-state index contributed by atoms with van der Waals surface area (Å²) in [6, 6.07) is 12.2. The van der Waals surface area contributed by atoms with E-state index >= 15 is 0 Å². The fourth-order valence-corrected chi connectivity index (χ4v) is 3.22. The van der Waals surface area contributed by atoms with Crippen LogP contribution in [0.4, 0.5) is 0 Å². The normalized spacial score (nSPS) is 11.5. The molecule has 0 fully saturated rings. The second-order valence-corrected chi connectivity index (χ2v) is 6.20. The highest BCUT2D eigenvalue weighted by Gasteiger charge is 2.12. The van der Waals surface area contributed by atoms with E-state index in [4.69, 9.17) is 21.1 Å². The first-order valence-corrected chi connectivity index (χ1v) is 8.12. The van der Waals surface area contributed by atoms with E-state index in [-0.39, 0.29) is 18.4 Å². The summed E-state index contributed by atoms with van der Waals surface area (Å²) in [5, 5.41) is 4.04. The zero-order valence-electron chi connectivity index (χ0n) is 13.2. The molecule has 0 aliphatic carbocycles. The van der Waals surface area contributed by atoms with Gasteiger partial charge in [-0.1, -0.05) is 45.7 Å². The van der Waals surface area contributed by atoms with Crippen LogP contribution in [0.1, 0.15) is 24.1 Å². The number of nitrogens with one attached hydrogen (secondary N) is 1. The van der Waals surface area contributed by atoms with Gasteiger partial charge < -0.3 is 14.8 Å². The van der Waals surface area contributed by atoms with E-state index in [2.05, 4.69) is 34.2 Å². The Morgan fingerprint density at radius 1 is 1.17 bits per heavy atom. The van der Waals surface area contributed by atoms with Crippen molar-refractivity contribution in [3.05, 3.63) is 57.0 Å². The Kier molecular flexibility index (Phi) is 8.20. The standard InChI is InChI=1S/C17H19BrClNO2.ClH/c1-11(13-6-4-5-7-14(13)18)20-10-12-8-15(19)17(22-3)16(9-12)21-2;/h4-9,11,20H,10H2,1-3H3;1H. The SMILES string of the molecule is COc1cc(CNC(C)c2ccccc2Br)cc(Cl)c1OC.Cl. The first kappa shape index (κ1) is 20.1. The lowest BCUT2D eigenvalue weighted by atomic mass is 10.1. The van der Waals surface area contributed by atoms with E-state index in [1.165, 1.54) is 5.56 Å². The summed E-state index contributed by atoms with van der Waals surface area (Å²) in [6.07, 6.45) is 0. The minimum absolute atomic E-state index is 0. The minimum Gasteiger partial charge on any atom is -0.493 e. The van der Waals surface area contributed by atoms with Gasteiger partial charge in [-0.2, -0.15) is 0 Å². The van der Waals surface area contributed by atoms with Crippen LogP contribution >= 0.6 is 39.9 Å². The molecule has 2 rings (SSSR count). The Labute approximate surface area is 156 Å². The predicted molar refractivity (Wildman–Crippen MR) is 101 cm³/mol. The van der Waals surface area contributed by atoms with Gasteiger partial charge in [0.25, 0.3) is 0 Å². The molecule has 2 aromatic carbocycles. The van der Waals surface area contributed by atoms with Gasteiger partial charge in [0, 0.05) is 17.1 Å². The van der Waals surface area contributed by atoms with Gasteiger partial charge in [0.2, 0.25) is 0 Å². The number of ether oxygens (including phenoxy) is 2. The van der Waals surface area contributed by atoms with Crippen molar-refractivity contribution in [1.29, 1.82) is 0 Å². The maximum Gasteiger partial charge on any atom is 0.179 e. The van der Waals surface area contributed by atoms with Crippen molar-refractivity contribution in [2.24, 2.45) is 0 Å². The van der Waals surface area contributed by atoms with Crippen LogP contribution in [-0.2, 0) is 6.54 Å². The van der Waals surface area contributed by atoms with Crippen LogP contribution in [0.5, 0.6) is 11.5 Å². The lowest BCUT2D eigenvalue weighted by Gasteiger charge is -2.17. The van der Waals surface area contributed by atoms with Gasteiger partial charge in [-0.25, -0.2) is 0 Å². The zero-order valence-corrected chi connectivity index (χ0v) is 16.4. The Morgan fingerprint density at radius 2 is 1.87 bits per heavy atom. The molecular weight excluding hydrogens is 401 g/mol. The van der Waals surface area contributed by atoms with Crippen LogP contribution in [0.3, 0.4) is 0 Å². The highest BCUT2D eigenvalue weighted by atomic mass is 79.9. The largest absolute Gasteiger partial charge is 0.493 e.